The summed E-state index contributed by atoms with van der Waals surface area (Å²) >= 11 is 0. The minimum absolute atomic E-state index is 0.129. The summed E-state index contributed by atoms with van der Waals surface area (Å²) in [4.78, 5) is 0.337. The summed E-state index contributed by atoms with van der Waals surface area (Å²) in [6.45, 7) is 2.55. The topological polar surface area (TPSA) is 72.2 Å². The van der Waals surface area contributed by atoms with Gasteiger partial charge in [-0.3, -0.25) is 0 Å². The molecule has 0 heterocycles. The van der Waals surface area contributed by atoms with Crippen LogP contribution in [-0.2, 0) is 16.4 Å². The third kappa shape index (κ3) is 3.81. The monoisotopic (exact) mass is 296 g/mol. The van der Waals surface area contributed by atoms with Crippen molar-refractivity contribution in [1.82, 2.24) is 4.72 Å². The second kappa shape index (κ2) is 6.70. The van der Waals surface area contributed by atoms with Crippen molar-refractivity contribution in [2.45, 2.75) is 50.0 Å². The number of rotatable bonds is 6. The van der Waals surface area contributed by atoms with Crippen molar-refractivity contribution < 1.29 is 8.42 Å². The number of sulfonamides is 1. The number of hydrogen-bond donors (Lipinski definition) is 2. The fourth-order valence-corrected chi connectivity index (χ4v) is 3.84. The molecule has 4 nitrogen and oxygen atoms in total. The largest absolute Gasteiger partial charge is 0.327 e. The molecule has 1 aromatic rings. The zero-order valence-corrected chi connectivity index (χ0v) is 12.8. The van der Waals surface area contributed by atoms with Gasteiger partial charge in [-0.25, -0.2) is 13.1 Å². The number of hydrogen-bond acceptors (Lipinski definition) is 3. The molecule has 1 aromatic carbocycles. The quantitative estimate of drug-likeness (QED) is 0.844. The van der Waals surface area contributed by atoms with E-state index < -0.39 is 10.0 Å². The minimum Gasteiger partial charge on any atom is -0.327 e. The molecular weight excluding hydrogens is 272 g/mol. The number of nitrogens with two attached hydrogens (primary N) is 1. The van der Waals surface area contributed by atoms with E-state index in [4.69, 9.17) is 5.73 Å². The lowest BCUT2D eigenvalue weighted by Gasteiger charge is -2.16. The molecular formula is C15H24N2O2S. The molecule has 2 rings (SSSR count). The molecule has 112 valence electrons. The van der Waals surface area contributed by atoms with E-state index in [0.717, 1.165) is 32.1 Å². The fourth-order valence-electron chi connectivity index (χ4n) is 2.74. The van der Waals surface area contributed by atoms with E-state index in [2.05, 4.69) is 11.6 Å². The summed E-state index contributed by atoms with van der Waals surface area (Å²) in [7, 11) is -3.41. The Hall–Kier alpha value is -0.910. The van der Waals surface area contributed by atoms with Gasteiger partial charge in [0.1, 0.15) is 0 Å². The minimum atomic E-state index is -3.41. The molecule has 1 saturated carbocycles. The Labute approximate surface area is 121 Å². The molecule has 2 unspecified atom stereocenters. The van der Waals surface area contributed by atoms with Gasteiger partial charge in [0.05, 0.1) is 4.90 Å². The van der Waals surface area contributed by atoms with E-state index in [1.165, 1.54) is 5.56 Å². The second-order valence-corrected chi connectivity index (χ2v) is 7.37. The Morgan fingerprint density at radius 3 is 2.50 bits per heavy atom. The van der Waals surface area contributed by atoms with Gasteiger partial charge in [-0.2, -0.15) is 0 Å². The van der Waals surface area contributed by atoms with Gasteiger partial charge in [0.25, 0.3) is 0 Å². The third-order valence-corrected chi connectivity index (χ3v) is 5.47. The molecule has 0 saturated heterocycles. The van der Waals surface area contributed by atoms with Crippen LogP contribution in [0, 0.1) is 5.92 Å². The average molecular weight is 296 g/mol. The maximum atomic E-state index is 12.2. The van der Waals surface area contributed by atoms with Crippen LogP contribution in [-0.4, -0.2) is 21.0 Å². The standard InChI is InChI=1S/C15H24N2O2S/c1-2-4-12-7-9-14(10-8-12)20(18,19)17-11-13-5-3-6-15(13)16/h7-10,13,15,17H,2-6,11,16H2,1H3. The van der Waals surface area contributed by atoms with Gasteiger partial charge in [-0.15, -0.1) is 0 Å². The molecule has 1 aliphatic rings. The summed E-state index contributed by atoms with van der Waals surface area (Å²) in [5.41, 5.74) is 7.14. The maximum Gasteiger partial charge on any atom is 0.240 e. The van der Waals surface area contributed by atoms with E-state index >= 15 is 0 Å². The molecule has 0 radical (unpaired) electrons. The van der Waals surface area contributed by atoms with Crippen molar-refractivity contribution in [2.75, 3.05) is 6.54 Å². The summed E-state index contributed by atoms with van der Waals surface area (Å²) in [6, 6.07) is 7.27. The van der Waals surface area contributed by atoms with E-state index in [1.807, 2.05) is 12.1 Å². The van der Waals surface area contributed by atoms with Gasteiger partial charge in [0.15, 0.2) is 0 Å². The van der Waals surface area contributed by atoms with Crippen molar-refractivity contribution >= 4 is 10.0 Å². The van der Waals surface area contributed by atoms with Crippen LogP contribution < -0.4 is 10.5 Å². The summed E-state index contributed by atoms with van der Waals surface area (Å²) in [5.74, 6) is 0.268. The van der Waals surface area contributed by atoms with Crippen molar-refractivity contribution in [1.29, 1.82) is 0 Å². The summed E-state index contributed by atoms with van der Waals surface area (Å²) < 4.78 is 27.1. The normalized spacial score (nSPS) is 23.1. The Balaban J connectivity index is 1.98. The van der Waals surface area contributed by atoms with Crippen molar-refractivity contribution in [3.05, 3.63) is 29.8 Å². The average Bonchev–Trinajstić information content (AvgIpc) is 2.83. The Morgan fingerprint density at radius 1 is 1.25 bits per heavy atom. The van der Waals surface area contributed by atoms with Gasteiger partial charge < -0.3 is 5.73 Å². The highest BCUT2D eigenvalue weighted by molar-refractivity contribution is 7.89. The number of benzene rings is 1. The van der Waals surface area contributed by atoms with Crippen LogP contribution in [0.2, 0.25) is 0 Å². The number of nitrogens with one attached hydrogen (secondary N) is 1. The smallest absolute Gasteiger partial charge is 0.240 e. The van der Waals surface area contributed by atoms with Crippen LogP contribution in [0.25, 0.3) is 0 Å². The molecule has 1 aliphatic carbocycles. The zero-order chi connectivity index (χ0) is 14.6. The van der Waals surface area contributed by atoms with Gasteiger partial charge in [0, 0.05) is 12.6 Å². The summed E-state index contributed by atoms with van der Waals surface area (Å²) in [6.07, 6.45) is 5.14. The lowest BCUT2D eigenvalue weighted by atomic mass is 10.1. The molecule has 5 heteroatoms. The fraction of sp³-hybridized carbons (Fsp3) is 0.600. The molecule has 0 aromatic heterocycles. The van der Waals surface area contributed by atoms with Crippen molar-refractivity contribution in [2.24, 2.45) is 11.7 Å². The highest BCUT2D eigenvalue weighted by atomic mass is 32.2. The summed E-state index contributed by atoms with van der Waals surface area (Å²) in [5, 5.41) is 0. The highest BCUT2D eigenvalue weighted by Gasteiger charge is 2.25. The SMILES string of the molecule is CCCc1ccc(S(=O)(=O)NCC2CCCC2N)cc1. The first-order chi connectivity index (χ1) is 9.53. The lowest BCUT2D eigenvalue weighted by molar-refractivity contribution is 0.469. The van der Waals surface area contributed by atoms with E-state index in [-0.39, 0.29) is 12.0 Å². The molecule has 1 fully saturated rings. The van der Waals surface area contributed by atoms with Crippen LogP contribution in [0.5, 0.6) is 0 Å². The maximum absolute atomic E-state index is 12.2. The van der Waals surface area contributed by atoms with Gasteiger partial charge >= 0.3 is 0 Å². The Kier molecular flexibility index (Phi) is 5.18. The van der Waals surface area contributed by atoms with Crippen LogP contribution in [0.3, 0.4) is 0 Å². The predicted molar refractivity (Wildman–Crippen MR) is 80.9 cm³/mol. The predicted octanol–water partition coefficient (Wildman–Crippen LogP) is 2.04. The van der Waals surface area contributed by atoms with E-state index in [1.54, 1.807) is 12.1 Å². The van der Waals surface area contributed by atoms with E-state index in [0.29, 0.717) is 11.4 Å². The van der Waals surface area contributed by atoms with Gasteiger partial charge in [-0.05, 0) is 42.9 Å². The number of aryl methyl sites for hydroxylation is 1. The zero-order valence-electron chi connectivity index (χ0n) is 12.0. The van der Waals surface area contributed by atoms with Gasteiger partial charge in [0.2, 0.25) is 10.0 Å². The first-order valence-electron chi connectivity index (χ1n) is 7.37. The first-order valence-corrected chi connectivity index (χ1v) is 8.85. The lowest BCUT2D eigenvalue weighted by Crippen LogP contribution is -2.36. The van der Waals surface area contributed by atoms with Crippen LogP contribution in [0.1, 0.15) is 38.2 Å². The Morgan fingerprint density at radius 2 is 1.95 bits per heavy atom. The molecule has 0 amide bonds. The van der Waals surface area contributed by atoms with Crippen LogP contribution >= 0.6 is 0 Å². The first kappa shape index (κ1) is 15.5. The molecule has 2 atom stereocenters. The van der Waals surface area contributed by atoms with Crippen LogP contribution in [0.15, 0.2) is 29.2 Å². The molecule has 0 spiro atoms. The second-order valence-electron chi connectivity index (χ2n) is 5.60. The third-order valence-electron chi connectivity index (χ3n) is 4.03. The van der Waals surface area contributed by atoms with Gasteiger partial charge in [-0.1, -0.05) is 31.9 Å². The van der Waals surface area contributed by atoms with Crippen molar-refractivity contribution in [3.63, 3.8) is 0 Å². The van der Waals surface area contributed by atoms with Crippen molar-refractivity contribution in [3.8, 4) is 0 Å². The molecule has 20 heavy (non-hydrogen) atoms. The van der Waals surface area contributed by atoms with Crippen LogP contribution in [0.4, 0.5) is 0 Å². The molecule has 0 bridgehead atoms. The highest BCUT2D eigenvalue weighted by Crippen LogP contribution is 2.23. The van der Waals surface area contributed by atoms with E-state index in [9.17, 15) is 8.42 Å². The Bertz CT molecular complexity index is 525. The molecule has 0 aliphatic heterocycles. The molecule has 3 N–H and O–H groups in total.